The first-order chi connectivity index (χ1) is 9.85. The Balaban J connectivity index is 3.03. The van der Waals surface area contributed by atoms with Gasteiger partial charge in [-0.05, 0) is 17.7 Å². The largest absolute Gasteiger partial charge is 0.466 e. The highest BCUT2D eigenvalue weighted by Crippen LogP contribution is 2.27. The van der Waals surface area contributed by atoms with Gasteiger partial charge in [-0.15, -0.1) is 0 Å². The summed E-state index contributed by atoms with van der Waals surface area (Å²) in [6.45, 7) is 6.24. The quantitative estimate of drug-likeness (QED) is 0.662. The van der Waals surface area contributed by atoms with E-state index in [4.69, 9.17) is 4.74 Å². The lowest BCUT2D eigenvalue weighted by Gasteiger charge is -2.18. The van der Waals surface area contributed by atoms with E-state index in [1.54, 1.807) is 24.3 Å². The summed E-state index contributed by atoms with van der Waals surface area (Å²) in [5.74, 6) is -1.40. The number of benzene rings is 1. The summed E-state index contributed by atoms with van der Waals surface area (Å²) in [4.78, 5) is 33.7. The van der Waals surface area contributed by atoms with Crippen LogP contribution in [0, 0.1) is 0 Å². The minimum Gasteiger partial charge on any atom is -0.466 e. The highest BCUT2D eigenvalue weighted by Gasteiger charge is 2.24. The molecule has 0 fully saturated rings. The van der Waals surface area contributed by atoms with Crippen LogP contribution in [0.25, 0.3) is 0 Å². The van der Waals surface area contributed by atoms with Crippen LogP contribution in [-0.2, 0) is 23.9 Å². The van der Waals surface area contributed by atoms with E-state index in [0.29, 0.717) is 11.3 Å². The number of carbonyl (C=O) groups excluding carboxylic acids is 3. The lowest BCUT2D eigenvalue weighted by Crippen LogP contribution is -2.17. The van der Waals surface area contributed by atoms with Crippen LogP contribution in [0.1, 0.15) is 25.5 Å². The molecule has 0 spiro atoms. The zero-order valence-electron chi connectivity index (χ0n) is 12.1. The highest BCUT2D eigenvalue weighted by molar-refractivity contribution is 5.90. The highest BCUT2D eigenvalue weighted by atomic mass is 16.6. The maximum Gasteiger partial charge on any atom is 0.337 e. The summed E-state index contributed by atoms with van der Waals surface area (Å²) in [7, 11) is 1.22. The monoisotopic (exact) mass is 291 g/mol. The Labute approximate surface area is 122 Å². The molecule has 21 heavy (non-hydrogen) atoms. The van der Waals surface area contributed by atoms with Gasteiger partial charge in [-0.2, -0.15) is 0 Å². The first-order valence-corrected chi connectivity index (χ1v) is 6.17. The van der Waals surface area contributed by atoms with Crippen molar-refractivity contribution < 1.29 is 23.9 Å². The number of esters is 2. The number of amides is 1. The Morgan fingerprint density at radius 2 is 1.71 bits per heavy atom. The number of carbonyl (C=O) groups is 3. The van der Waals surface area contributed by atoms with Crippen LogP contribution in [0.5, 0.6) is 0 Å². The molecule has 1 rings (SSSR count). The van der Waals surface area contributed by atoms with Gasteiger partial charge in [0.1, 0.15) is 0 Å². The summed E-state index contributed by atoms with van der Waals surface area (Å²) in [5.41, 5.74) is 1.16. The molecule has 0 saturated carbocycles. The van der Waals surface area contributed by atoms with Crippen molar-refractivity contribution >= 4 is 23.5 Å². The van der Waals surface area contributed by atoms with Gasteiger partial charge < -0.3 is 14.8 Å². The second kappa shape index (κ2) is 7.23. The van der Waals surface area contributed by atoms with E-state index in [1.807, 2.05) is 0 Å². The molecule has 1 N–H and O–H groups in total. The van der Waals surface area contributed by atoms with Gasteiger partial charge in [-0.1, -0.05) is 18.7 Å². The summed E-state index contributed by atoms with van der Waals surface area (Å²) in [6.07, 6.45) is -0.929. The molecule has 0 aliphatic rings. The van der Waals surface area contributed by atoms with Gasteiger partial charge in [0.2, 0.25) is 5.91 Å². The van der Waals surface area contributed by atoms with E-state index in [2.05, 4.69) is 16.6 Å². The van der Waals surface area contributed by atoms with E-state index in [1.165, 1.54) is 21.0 Å². The predicted octanol–water partition coefficient (Wildman–Crippen LogP) is 1.98. The predicted molar refractivity (Wildman–Crippen MR) is 76.4 cm³/mol. The Morgan fingerprint density at radius 3 is 2.14 bits per heavy atom. The molecule has 0 radical (unpaired) electrons. The molecule has 1 aromatic rings. The van der Waals surface area contributed by atoms with Gasteiger partial charge >= 0.3 is 11.9 Å². The SMILES string of the molecule is C=C(C(=O)OC)C(OC(C)=O)c1ccc(NC(C)=O)cc1. The fraction of sp³-hybridized carbons (Fsp3) is 0.267. The van der Waals surface area contributed by atoms with Crippen molar-refractivity contribution in [2.75, 3.05) is 12.4 Å². The second-order valence-corrected chi connectivity index (χ2v) is 4.31. The molecule has 0 aromatic heterocycles. The van der Waals surface area contributed by atoms with Gasteiger partial charge in [-0.25, -0.2) is 4.79 Å². The zero-order valence-corrected chi connectivity index (χ0v) is 12.1. The summed E-state index contributed by atoms with van der Waals surface area (Å²) >= 11 is 0. The second-order valence-electron chi connectivity index (χ2n) is 4.31. The van der Waals surface area contributed by atoms with E-state index < -0.39 is 18.0 Å². The molecule has 1 amide bonds. The summed E-state index contributed by atoms with van der Waals surface area (Å²) in [5, 5.41) is 2.61. The van der Waals surface area contributed by atoms with Crippen molar-refractivity contribution in [1.29, 1.82) is 0 Å². The molecule has 0 bridgehead atoms. The Bertz CT molecular complexity index is 562. The lowest BCUT2D eigenvalue weighted by molar-refractivity contribution is -0.147. The van der Waals surface area contributed by atoms with Crippen molar-refractivity contribution in [3.8, 4) is 0 Å². The van der Waals surface area contributed by atoms with Gasteiger partial charge in [0.15, 0.2) is 6.10 Å². The van der Waals surface area contributed by atoms with Crippen LogP contribution in [0.15, 0.2) is 36.4 Å². The Kier molecular flexibility index (Phi) is 5.66. The number of hydrogen-bond donors (Lipinski definition) is 1. The summed E-state index contributed by atoms with van der Waals surface area (Å²) in [6, 6.07) is 6.54. The average molecular weight is 291 g/mol. The topological polar surface area (TPSA) is 81.7 Å². The molecule has 0 aliphatic heterocycles. The minimum absolute atomic E-state index is 0.0139. The van der Waals surface area contributed by atoms with Gasteiger partial charge in [0.25, 0.3) is 0 Å². The van der Waals surface area contributed by atoms with E-state index in [-0.39, 0.29) is 11.5 Å². The lowest BCUT2D eigenvalue weighted by atomic mass is 10.0. The van der Waals surface area contributed by atoms with Crippen LogP contribution in [0.4, 0.5) is 5.69 Å². The normalized spacial score (nSPS) is 11.2. The van der Waals surface area contributed by atoms with E-state index >= 15 is 0 Å². The average Bonchev–Trinajstić information content (AvgIpc) is 2.43. The maximum absolute atomic E-state index is 11.6. The summed E-state index contributed by atoms with van der Waals surface area (Å²) < 4.78 is 9.70. The number of ether oxygens (including phenoxy) is 2. The van der Waals surface area contributed by atoms with Crippen LogP contribution in [-0.4, -0.2) is 25.0 Å². The number of anilines is 1. The molecule has 0 heterocycles. The molecule has 0 aliphatic carbocycles. The molecular formula is C15H17NO5. The number of methoxy groups -OCH3 is 1. The van der Waals surface area contributed by atoms with Crippen molar-refractivity contribution in [2.45, 2.75) is 20.0 Å². The Hall–Kier alpha value is -2.63. The fourth-order valence-corrected chi connectivity index (χ4v) is 1.69. The fourth-order valence-electron chi connectivity index (χ4n) is 1.69. The maximum atomic E-state index is 11.6. The first-order valence-electron chi connectivity index (χ1n) is 6.17. The van der Waals surface area contributed by atoms with Crippen LogP contribution >= 0.6 is 0 Å². The number of nitrogens with one attached hydrogen (secondary N) is 1. The van der Waals surface area contributed by atoms with Crippen LogP contribution < -0.4 is 5.32 Å². The molecular weight excluding hydrogens is 274 g/mol. The van der Waals surface area contributed by atoms with Crippen molar-refractivity contribution in [2.24, 2.45) is 0 Å². The molecule has 112 valence electrons. The van der Waals surface area contributed by atoms with Gasteiger partial charge in [0, 0.05) is 19.5 Å². The number of rotatable bonds is 5. The third kappa shape index (κ3) is 4.76. The molecule has 0 saturated heterocycles. The Morgan fingerprint density at radius 1 is 1.14 bits per heavy atom. The van der Waals surface area contributed by atoms with Gasteiger partial charge in [-0.3, -0.25) is 9.59 Å². The van der Waals surface area contributed by atoms with Crippen molar-refractivity contribution in [1.82, 2.24) is 0 Å². The third-order valence-corrected chi connectivity index (χ3v) is 2.58. The van der Waals surface area contributed by atoms with E-state index in [0.717, 1.165) is 0 Å². The zero-order chi connectivity index (χ0) is 16.0. The van der Waals surface area contributed by atoms with Crippen molar-refractivity contribution in [3.05, 3.63) is 42.0 Å². The molecule has 1 aromatic carbocycles. The van der Waals surface area contributed by atoms with Crippen LogP contribution in [0.2, 0.25) is 0 Å². The first kappa shape index (κ1) is 16.4. The molecule has 1 unspecified atom stereocenters. The van der Waals surface area contributed by atoms with Crippen molar-refractivity contribution in [3.63, 3.8) is 0 Å². The third-order valence-electron chi connectivity index (χ3n) is 2.58. The minimum atomic E-state index is -0.929. The standard InChI is InChI=1S/C15H17NO5/c1-9(15(19)20-4)14(21-11(3)18)12-5-7-13(8-6-12)16-10(2)17/h5-8,14H,1H2,2-4H3,(H,16,17). The molecule has 6 heteroatoms. The van der Waals surface area contributed by atoms with Gasteiger partial charge in [0.05, 0.1) is 12.7 Å². The van der Waals surface area contributed by atoms with E-state index in [9.17, 15) is 14.4 Å². The number of hydrogen-bond acceptors (Lipinski definition) is 5. The molecule has 1 atom stereocenters. The smallest absolute Gasteiger partial charge is 0.337 e. The molecule has 6 nitrogen and oxygen atoms in total. The van der Waals surface area contributed by atoms with Crippen LogP contribution in [0.3, 0.4) is 0 Å².